The van der Waals surface area contributed by atoms with Gasteiger partial charge in [0.25, 0.3) is 0 Å². The van der Waals surface area contributed by atoms with Gasteiger partial charge in [-0.1, -0.05) is 33.1 Å². The van der Waals surface area contributed by atoms with Gasteiger partial charge in [0.2, 0.25) is 0 Å². The van der Waals surface area contributed by atoms with Gasteiger partial charge in [0.1, 0.15) is 6.23 Å². The molecule has 0 amide bonds. The van der Waals surface area contributed by atoms with E-state index in [4.69, 9.17) is 5.11 Å². The Morgan fingerprint density at radius 1 is 1.25 bits per heavy atom. The van der Waals surface area contributed by atoms with Crippen LogP contribution in [0.3, 0.4) is 0 Å². The minimum atomic E-state index is -0.364. The van der Waals surface area contributed by atoms with E-state index in [-0.39, 0.29) is 6.23 Å². The SMILES string of the molecule is CCCCCC(CC)NC(C)O. The molecule has 0 saturated carbocycles. The third-order valence-electron chi connectivity index (χ3n) is 2.13. The molecule has 0 aliphatic carbocycles. The van der Waals surface area contributed by atoms with Crippen molar-refractivity contribution in [2.75, 3.05) is 0 Å². The van der Waals surface area contributed by atoms with Gasteiger partial charge in [-0.25, -0.2) is 0 Å². The summed E-state index contributed by atoms with van der Waals surface area (Å²) in [6.07, 6.45) is 5.78. The lowest BCUT2D eigenvalue weighted by Crippen LogP contribution is -2.35. The number of rotatable bonds is 7. The lowest BCUT2D eigenvalue weighted by atomic mass is 10.1. The van der Waals surface area contributed by atoms with E-state index in [9.17, 15) is 0 Å². The first-order valence-electron chi connectivity index (χ1n) is 5.14. The smallest absolute Gasteiger partial charge is 0.102 e. The monoisotopic (exact) mass is 173 g/mol. The van der Waals surface area contributed by atoms with Gasteiger partial charge in [-0.2, -0.15) is 0 Å². The van der Waals surface area contributed by atoms with Crippen molar-refractivity contribution >= 4 is 0 Å². The van der Waals surface area contributed by atoms with Gasteiger partial charge in [0.05, 0.1) is 0 Å². The highest BCUT2D eigenvalue weighted by molar-refractivity contribution is 4.64. The molecule has 0 rings (SSSR count). The van der Waals surface area contributed by atoms with Crippen molar-refractivity contribution in [3.63, 3.8) is 0 Å². The van der Waals surface area contributed by atoms with Crippen LogP contribution in [0.4, 0.5) is 0 Å². The molecule has 0 aromatic heterocycles. The topological polar surface area (TPSA) is 32.3 Å². The first kappa shape index (κ1) is 11.9. The van der Waals surface area contributed by atoms with Gasteiger partial charge < -0.3 is 5.11 Å². The summed E-state index contributed by atoms with van der Waals surface area (Å²) in [4.78, 5) is 0. The van der Waals surface area contributed by atoms with Gasteiger partial charge >= 0.3 is 0 Å². The summed E-state index contributed by atoms with van der Waals surface area (Å²) in [5, 5.41) is 12.2. The van der Waals surface area contributed by atoms with Crippen LogP contribution in [0.5, 0.6) is 0 Å². The molecule has 0 saturated heterocycles. The fourth-order valence-corrected chi connectivity index (χ4v) is 1.39. The first-order valence-corrected chi connectivity index (χ1v) is 5.14. The molecule has 2 N–H and O–H groups in total. The number of aliphatic hydroxyl groups excluding tert-OH is 1. The van der Waals surface area contributed by atoms with E-state index < -0.39 is 0 Å². The van der Waals surface area contributed by atoms with Crippen LogP contribution in [0.1, 0.15) is 52.9 Å². The molecule has 0 heterocycles. The van der Waals surface area contributed by atoms with Crippen LogP contribution in [0.25, 0.3) is 0 Å². The standard InChI is InChI=1S/C10H23NO/c1-4-6-7-8-10(5-2)11-9(3)12/h9-12H,4-8H2,1-3H3. The van der Waals surface area contributed by atoms with Crippen LogP contribution in [0, 0.1) is 0 Å². The summed E-state index contributed by atoms with van der Waals surface area (Å²) >= 11 is 0. The number of hydrogen-bond donors (Lipinski definition) is 2. The maximum atomic E-state index is 9.10. The lowest BCUT2D eigenvalue weighted by Gasteiger charge is -2.18. The van der Waals surface area contributed by atoms with Crippen LogP contribution in [-0.4, -0.2) is 17.4 Å². The summed E-state index contributed by atoms with van der Waals surface area (Å²) < 4.78 is 0. The zero-order valence-electron chi connectivity index (χ0n) is 8.64. The molecule has 2 atom stereocenters. The minimum Gasteiger partial charge on any atom is -0.379 e. The van der Waals surface area contributed by atoms with E-state index in [1.807, 2.05) is 0 Å². The maximum Gasteiger partial charge on any atom is 0.102 e. The van der Waals surface area contributed by atoms with Crippen molar-refractivity contribution < 1.29 is 5.11 Å². The third kappa shape index (κ3) is 6.62. The van der Waals surface area contributed by atoms with E-state index >= 15 is 0 Å². The van der Waals surface area contributed by atoms with Crippen molar-refractivity contribution in [1.82, 2.24) is 5.32 Å². The molecule has 12 heavy (non-hydrogen) atoms. The van der Waals surface area contributed by atoms with E-state index in [1.165, 1.54) is 25.7 Å². The van der Waals surface area contributed by atoms with E-state index in [0.717, 1.165) is 6.42 Å². The van der Waals surface area contributed by atoms with Crippen LogP contribution in [-0.2, 0) is 0 Å². The van der Waals surface area contributed by atoms with Crippen LogP contribution >= 0.6 is 0 Å². The highest BCUT2D eigenvalue weighted by Gasteiger charge is 2.06. The van der Waals surface area contributed by atoms with Crippen LogP contribution in [0.2, 0.25) is 0 Å². The molecule has 0 aliphatic heterocycles. The fraction of sp³-hybridized carbons (Fsp3) is 1.00. The summed E-state index contributed by atoms with van der Waals surface area (Å²) in [5.74, 6) is 0. The molecular weight excluding hydrogens is 150 g/mol. The Labute approximate surface area is 76.4 Å². The van der Waals surface area contributed by atoms with Crippen molar-refractivity contribution in [3.05, 3.63) is 0 Å². The van der Waals surface area contributed by atoms with Crippen molar-refractivity contribution in [2.24, 2.45) is 0 Å². The highest BCUT2D eigenvalue weighted by atomic mass is 16.3. The Morgan fingerprint density at radius 2 is 1.92 bits per heavy atom. The van der Waals surface area contributed by atoms with Gasteiger partial charge in [0, 0.05) is 6.04 Å². The van der Waals surface area contributed by atoms with E-state index in [2.05, 4.69) is 19.2 Å². The molecule has 0 aromatic rings. The molecule has 0 radical (unpaired) electrons. The lowest BCUT2D eigenvalue weighted by molar-refractivity contribution is 0.136. The third-order valence-corrected chi connectivity index (χ3v) is 2.13. The average Bonchev–Trinajstić information content (AvgIpc) is 2.02. The molecule has 0 aromatic carbocycles. The number of nitrogens with one attached hydrogen (secondary N) is 1. The fourth-order valence-electron chi connectivity index (χ4n) is 1.39. The number of hydrogen-bond acceptors (Lipinski definition) is 2. The second kappa shape index (κ2) is 7.56. The Bertz CT molecular complexity index is 93.8. The molecule has 74 valence electrons. The Balaban J connectivity index is 3.39. The summed E-state index contributed by atoms with van der Waals surface area (Å²) in [5.41, 5.74) is 0. The van der Waals surface area contributed by atoms with Crippen molar-refractivity contribution in [1.29, 1.82) is 0 Å². The molecule has 0 spiro atoms. The Morgan fingerprint density at radius 3 is 2.33 bits per heavy atom. The molecule has 2 nitrogen and oxygen atoms in total. The largest absolute Gasteiger partial charge is 0.379 e. The van der Waals surface area contributed by atoms with Crippen molar-refractivity contribution in [3.8, 4) is 0 Å². The molecular formula is C10H23NO. The number of aliphatic hydroxyl groups is 1. The average molecular weight is 173 g/mol. The zero-order valence-corrected chi connectivity index (χ0v) is 8.64. The Hall–Kier alpha value is -0.0800. The maximum absolute atomic E-state index is 9.10. The number of unbranched alkanes of at least 4 members (excludes halogenated alkanes) is 2. The Kier molecular flexibility index (Phi) is 7.51. The second-order valence-electron chi connectivity index (χ2n) is 3.44. The van der Waals surface area contributed by atoms with Crippen LogP contribution in [0.15, 0.2) is 0 Å². The van der Waals surface area contributed by atoms with E-state index in [0.29, 0.717) is 6.04 Å². The molecule has 0 aliphatic rings. The summed E-state index contributed by atoms with van der Waals surface area (Å²) in [7, 11) is 0. The second-order valence-corrected chi connectivity index (χ2v) is 3.44. The normalized spacial score (nSPS) is 16.0. The molecule has 0 fully saturated rings. The predicted molar refractivity (Wildman–Crippen MR) is 53.0 cm³/mol. The van der Waals surface area contributed by atoms with Gasteiger partial charge in [0.15, 0.2) is 0 Å². The molecule has 2 unspecified atom stereocenters. The zero-order chi connectivity index (χ0) is 9.40. The quantitative estimate of drug-likeness (QED) is 0.457. The molecule has 0 bridgehead atoms. The van der Waals surface area contributed by atoms with Crippen LogP contribution < -0.4 is 5.32 Å². The van der Waals surface area contributed by atoms with Gasteiger partial charge in [-0.3, -0.25) is 5.32 Å². The summed E-state index contributed by atoms with van der Waals surface area (Å²) in [6, 6.07) is 0.497. The predicted octanol–water partition coefficient (Wildman–Crippen LogP) is 2.27. The highest BCUT2D eigenvalue weighted by Crippen LogP contribution is 2.06. The van der Waals surface area contributed by atoms with Crippen molar-refractivity contribution in [2.45, 2.75) is 65.1 Å². The van der Waals surface area contributed by atoms with Gasteiger partial charge in [-0.15, -0.1) is 0 Å². The summed E-state index contributed by atoms with van der Waals surface area (Å²) in [6.45, 7) is 6.15. The van der Waals surface area contributed by atoms with Gasteiger partial charge in [-0.05, 0) is 19.8 Å². The first-order chi connectivity index (χ1) is 5.70. The molecule has 2 heteroatoms. The van der Waals surface area contributed by atoms with E-state index in [1.54, 1.807) is 6.92 Å². The minimum absolute atomic E-state index is 0.364.